The van der Waals surface area contributed by atoms with Crippen LogP contribution in [0.2, 0.25) is 10.0 Å². The van der Waals surface area contributed by atoms with Gasteiger partial charge in [-0.05, 0) is 12.1 Å². The van der Waals surface area contributed by atoms with Crippen molar-refractivity contribution in [2.24, 2.45) is 0 Å². The first-order valence-corrected chi connectivity index (χ1v) is 8.75. The molecular formula is C14H21Cl4N3. The lowest BCUT2D eigenvalue weighted by molar-refractivity contribution is 0.647. The molecule has 0 unspecified atom stereocenters. The summed E-state index contributed by atoms with van der Waals surface area (Å²) in [5.41, 5.74) is 0.949. The minimum absolute atomic E-state index is 0.571. The van der Waals surface area contributed by atoms with Gasteiger partial charge >= 0.3 is 0 Å². The van der Waals surface area contributed by atoms with Crippen molar-refractivity contribution in [3.63, 3.8) is 0 Å². The summed E-state index contributed by atoms with van der Waals surface area (Å²) in [6.45, 7) is 4.93. The molecule has 0 fully saturated rings. The van der Waals surface area contributed by atoms with Gasteiger partial charge in [-0.3, -0.25) is 0 Å². The van der Waals surface area contributed by atoms with Crippen LogP contribution in [0.5, 0.6) is 0 Å². The summed E-state index contributed by atoms with van der Waals surface area (Å²) in [5, 5.41) is 7.72. The summed E-state index contributed by atoms with van der Waals surface area (Å²) in [6.07, 6.45) is 0. The Morgan fingerprint density at radius 1 is 0.857 bits per heavy atom. The van der Waals surface area contributed by atoms with Gasteiger partial charge in [-0.2, -0.15) is 0 Å². The van der Waals surface area contributed by atoms with Gasteiger partial charge in [0.2, 0.25) is 0 Å². The van der Waals surface area contributed by atoms with E-state index in [0.29, 0.717) is 21.8 Å². The minimum Gasteiger partial charge on any atom is -0.368 e. The van der Waals surface area contributed by atoms with Crippen molar-refractivity contribution in [3.8, 4) is 0 Å². The zero-order valence-electron chi connectivity index (χ0n) is 11.8. The molecule has 0 aliphatic rings. The molecule has 0 spiro atoms. The molecule has 0 saturated heterocycles. The number of rotatable bonds is 11. The molecular weight excluding hydrogens is 352 g/mol. The molecule has 0 saturated carbocycles. The van der Waals surface area contributed by atoms with Gasteiger partial charge in [-0.15, -0.1) is 23.2 Å². The number of benzene rings is 1. The van der Waals surface area contributed by atoms with E-state index in [1.807, 2.05) is 12.1 Å². The SMILES string of the molecule is ClCCNCCN(CCNCCCl)c1cccc(Cl)c1Cl. The van der Waals surface area contributed by atoms with E-state index in [0.717, 1.165) is 45.0 Å². The van der Waals surface area contributed by atoms with Crippen LogP contribution in [0.4, 0.5) is 5.69 Å². The van der Waals surface area contributed by atoms with Crippen LogP contribution < -0.4 is 15.5 Å². The molecule has 0 aromatic heterocycles. The fraction of sp³-hybridized carbons (Fsp3) is 0.571. The third-order valence-corrected chi connectivity index (χ3v) is 4.12. The molecule has 1 rings (SSSR count). The Balaban J connectivity index is 2.63. The first kappa shape index (κ1) is 19.1. The predicted octanol–water partition coefficient (Wildman–Crippen LogP) is 3.46. The minimum atomic E-state index is 0.571. The van der Waals surface area contributed by atoms with Crippen LogP contribution in [0.15, 0.2) is 18.2 Å². The van der Waals surface area contributed by atoms with Crippen molar-refractivity contribution in [2.75, 3.05) is 55.9 Å². The lowest BCUT2D eigenvalue weighted by Gasteiger charge is -2.26. The van der Waals surface area contributed by atoms with Gasteiger partial charge in [-0.25, -0.2) is 0 Å². The standard InChI is InChI=1S/C14H21Cl4N3/c15-4-6-19-8-10-21(11-9-20-7-5-16)13-3-1-2-12(17)14(13)18/h1-3,19-20H,4-11H2. The van der Waals surface area contributed by atoms with Crippen LogP contribution in [-0.2, 0) is 0 Å². The van der Waals surface area contributed by atoms with Crippen molar-refractivity contribution in [1.82, 2.24) is 10.6 Å². The van der Waals surface area contributed by atoms with Crippen LogP contribution in [0.1, 0.15) is 0 Å². The van der Waals surface area contributed by atoms with Crippen molar-refractivity contribution in [2.45, 2.75) is 0 Å². The molecule has 7 heteroatoms. The summed E-state index contributed by atoms with van der Waals surface area (Å²) in [6, 6.07) is 5.69. The first-order valence-electron chi connectivity index (χ1n) is 6.93. The highest BCUT2D eigenvalue weighted by Crippen LogP contribution is 2.32. The molecule has 0 bridgehead atoms. The van der Waals surface area contributed by atoms with Crippen molar-refractivity contribution < 1.29 is 0 Å². The molecule has 0 amide bonds. The summed E-state index contributed by atoms with van der Waals surface area (Å²) in [5.74, 6) is 1.21. The highest BCUT2D eigenvalue weighted by Gasteiger charge is 2.12. The van der Waals surface area contributed by atoms with E-state index in [9.17, 15) is 0 Å². The Morgan fingerprint density at radius 2 is 1.43 bits per heavy atom. The molecule has 3 nitrogen and oxygen atoms in total. The zero-order valence-corrected chi connectivity index (χ0v) is 14.9. The van der Waals surface area contributed by atoms with Gasteiger partial charge in [0, 0.05) is 51.0 Å². The lowest BCUT2D eigenvalue weighted by Crippen LogP contribution is -2.38. The second kappa shape index (κ2) is 11.6. The third kappa shape index (κ3) is 7.27. The Morgan fingerprint density at radius 3 is 1.95 bits per heavy atom. The summed E-state index contributed by atoms with van der Waals surface area (Å²) in [4.78, 5) is 2.21. The smallest absolute Gasteiger partial charge is 0.0825 e. The van der Waals surface area contributed by atoms with E-state index in [1.165, 1.54) is 0 Å². The van der Waals surface area contributed by atoms with Gasteiger partial charge in [0.05, 0.1) is 15.7 Å². The molecule has 0 heterocycles. The van der Waals surface area contributed by atoms with Gasteiger partial charge in [0.25, 0.3) is 0 Å². The lowest BCUT2D eigenvalue weighted by atomic mass is 10.2. The van der Waals surface area contributed by atoms with Crippen LogP contribution >= 0.6 is 46.4 Å². The number of hydrogen-bond acceptors (Lipinski definition) is 3. The molecule has 0 radical (unpaired) electrons. The number of alkyl halides is 2. The predicted molar refractivity (Wildman–Crippen MR) is 95.9 cm³/mol. The highest BCUT2D eigenvalue weighted by molar-refractivity contribution is 6.43. The fourth-order valence-electron chi connectivity index (χ4n) is 1.90. The average Bonchev–Trinajstić information content (AvgIpc) is 2.49. The molecule has 1 aromatic rings. The first-order chi connectivity index (χ1) is 10.2. The maximum atomic E-state index is 6.31. The van der Waals surface area contributed by atoms with Crippen molar-refractivity contribution in [3.05, 3.63) is 28.2 Å². The molecule has 21 heavy (non-hydrogen) atoms. The van der Waals surface area contributed by atoms with Crippen LogP contribution in [0, 0.1) is 0 Å². The topological polar surface area (TPSA) is 27.3 Å². The van der Waals surface area contributed by atoms with Crippen LogP contribution in [0.3, 0.4) is 0 Å². The molecule has 0 atom stereocenters. The normalized spacial score (nSPS) is 10.9. The molecule has 1 aromatic carbocycles. The van der Waals surface area contributed by atoms with Crippen molar-refractivity contribution >= 4 is 52.1 Å². The molecule has 2 N–H and O–H groups in total. The summed E-state index contributed by atoms with van der Waals surface area (Å²) < 4.78 is 0. The van der Waals surface area contributed by atoms with E-state index in [2.05, 4.69) is 15.5 Å². The monoisotopic (exact) mass is 371 g/mol. The van der Waals surface area contributed by atoms with Crippen LogP contribution in [-0.4, -0.2) is 51.0 Å². The number of halogens is 4. The Kier molecular flexibility index (Phi) is 10.6. The molecule has 0 aliphatic carbocycles. The fourth-order valence-corrected chi connectivity index (χ4v) is 2.58. The van der Waals surface area contributed by atoms with E-state index in [4.69, 9.17) is 46.4 Å². The van der Waals surface area contributed by atoms with Crippen molar-refractivity contribution in [1.29, 1.82) is 0 Å². The van der Waals surface area contributed by atoms with E-state index >= 15 is 0 Å². The average molecular weight is 373 g/mol. The maximum Gasteiger partial charge on any atom is 0.0825 e. The second-order valence-electron chi connectivity index (χ2n) is 4.44. The van der Waals surface area contributed by atoms with Gasteiger partial charge in [0.15, 0.2) is 0 Å². The summed E-state index contributed by atoms with van der Waals surface area (Å²) >= 11 is 23.7. The Hall–Kier alpha value is 0.1000. The largest absolute Gasteiger partial charge is 0.368 e. The second-order valence-corrected chi connectivity index (χ2v) is 5.98. The van der Waals surface area contributed by atoms with E-state index in [1.54, 1.807) is 6.07 Å². The van der Waals surface area contributed by atoms with Gasteiger partial charge in [0.1, 0.15) is 0 Å². The summed E-state index contributed by atoms with van der Waals surface area (Å²) in [7, 11) is 0. The molecule has 0 aliphatic heterocycles. The quantitative estimate of drug-likeness (QED) is 0.460. The third-order valence-electron chi connectivity index (χ3n) is 2.93. The number of anilines is 1. The maximum absolute atomic E-state index is 6.31. The highest BCUT2D eigenvalue weighted by atomic mass is 35.5. The number of hydrogen-bond donors (Lipinski definition) is 2. The van der Waals surface area contributed by atoms with E-state index in [-0.39, 0.29) is 0 Å². The number of nitrogens with one attached hydrogen (secondary N) is 2. The Bertz CT molecular complexity index is 392. The molecule has 120 valence electrons. The van der Waals surface area contributed by atoms with Crippen LogP contribution in [0.25, 0.3) is 0 Å². The number of nitrogens with zero attached hydrogens (tertiary/aromatic N) is 1. The van der Waals surface area contributed by atoms with Gasteiger partial charge in [-0.1, -0.05) is 29.3 Å². The Labute approximate surface area is 146 Å². The van der Waals surface area contributed by atoms with E-state index < -0.39 is 0 Å². The zero-order chi connectivity index (χ0) is 15.5. The van der Waals surface area contributed by atoms with Gasteiger partial charge < -0.3 is 15.5 Å².